The molecule has 0 atom stereocenters. The van der Waals surface area contributed by atoms with Crippen molar-refractivity contribution in [1.82, 2.24) is 5.32 Å². The van der Waals surface area contributed by atoms with Crippen molar-refractivity contribution in [3.63, 3.8) is 0 Å². The number of hydrogen-bond acceptors (Lipinski definition) is 5. The fourth-order valence-electron chi connectivity index (χ4n) is 2.36. The Bertz CT molecular complexity index is 855. The number of halogens is 2. The number of likely N-dealkylation sites (N-methyl/N-ethyl adjacent to an activating group) is 1. The first-order valence-corrected chi connectivity index (χ1v) is 8.41. The van der Waals surface area contributed by atoms with Crippen LogP contribution in [0.3, 0.4) is 0 Å². The third-order valence-corrected chi connectivity index (χ3v) is 4.14. The van der Waals surface area contributed by atoms with Crippen molar-refractivity contribution in [2.45, 2.75) is 0 Å². The number of amides is 2. The van der Waals surface area contributed by atoms with Gasteiger partial charge in [0.2, 0.25) is 11.8 Å². The van der Waals surface area contributed by atoms with Crippen molar-refractivity contribution in [3.05, 3.63) is 63.6 Å². The Hall–Kier alpha value is -2.41. The van der Waals surface area contributed by atoms with Crippen LogP contribution in [-0.4, -0.2) is 37.7 Å². The predicted octanol–water partition coefficient (Wildman–Crippen LogP) is 2.26. The normalized spacial score (nSPS) is 10.3. The van der Waals surface area contributed by atoms with Crippen molar-refractivity contribution in [3.8, 4) is 0 Å². The smallest absolute Gasteiger partial charge is 0.246 e. The van der Waals surface area contributed by atoms with Crippen LogP contribution in [0, 0.1) is 0 Å². The van der Waals surface area contributed by atoms with Crippen LogP contribution < -0.4 is 16.0 Å². The van der Waals surface area contributed by atoms with E-state index in [9.17, 15) is 14.4 Å². The highest BCUT2D eigenvalue weighted by atomic mass is 35.5. The average molecular weight is 394 g/mol. The lowest BCUT2D eigenvalue weighted by Crippen LogP contribution is -2.41. The van der Waals surface area contributed by atoms with Gasteiger partial charge in [0.15, 0.2) is 5.78 Å². The minimum Gasteiger partial charge on any atom is -0.365 e. The summed E-state index contributed by atoms with van der Waals surface area (Å²) in [7, 11) is 1.62. The van der Waals surface area contributed by atoms with E-state index in [1.54, 1.807) is 48.3 Å². The summed E-state index contributed by atoms with van der Waals surface area (Å²) in [4.78, 5) is 37.6. The predicted molar refractivity (Wildman–Crippen MR) is 102 cm³/mol. The molecule has 6 nitrogen and oxygen atoms in total. The first-order valence-electron chi connectivity index (χ1n) is 7.66. The average Bonchev–Trinajstić information content (AvgIpc) is 2.61. The molecule has 0 aliphatic carbocycles. The number of carbonyl (C=O) groups excluding carboxylic acids is 3. The van der Waals surface area contributed by atoms with Crippen LogP contribution >= 0.6 is 23.2 Å². The largest absolute Gasteiger partial charge is 0.365 e. The summed E-state index contributed by atoms with van der Waals surface area (Å²) in [5.41, 5.74) is 6.28. The van der Waals surface area contributed by atoms with Gasteiger partial charge in [-0.3, -0.25) is 19.7 Å². The lowest BCUT2D eigenvalue weighted by atomic mass is 10.0. The summed E-state index contributed by atoms with van der Waals surface area (Å²) in [6.07, 6.45) is 0. The standard InChI is InChI=1S/C18H17Cl2N3O3/c1-23(10-17(25)22-16(24)9-21)15-7-6-11(19)8-13(15)18(26)12-4-2-3-5-14(12)20/h2-8H,9-10,21H2,1H3,(H,22,24,25). The quantitative estimate of drug-likeness (QED) is 0.734. The molecular weight excluding hydrogens is 377 g/mol. The maximum Gasteiger partial charge on any atom is 0.246 e. The van der Waals surface area contributed by atoms with Gasteiger partial charge in [-0.15, -0.1) is 0 Å². The van der Waals surface area contributed by atoms with Gasteiger partial charge in [-0.1, -0.05) is 35.3 Å². The molecule has 2 aromatic rings. The minimum atomic E-state index is -0.577. The molecule has 0 aromatic heterocycles. The van der Waals surface area contributed by atoms with Crippen LogP contribution in [0.25, 0.3) is 0 Å². The molecule has 3 N–H and O–H groups in total. The Kier molecular flexibility index (Phi) is 6.74. The van der Waals surface area contributed by atoms with Gasteiger partial charge in [0.1, 0.15) is 0 Å². The van der Waals surface area contributed by atoms with Crippen molar-refractivity contribution in [1.29, 1.82) is 0 Å². The molecule has 0 bridgehead atoms. The Morgan fingerprint density at radius 2 is 1.73 bits per heavy atom. The van der Waals surface area contributed by atoms with Crippen molar-refractivity contribution >= 4 is 46.5 Å². The van der Waals surface area contributed by atoms with E-state index in [0.29, 0.717) is 26.9 Å². The molecule has 136 valence electrons. The topological polar surface area (TPSA) is 92.5 Å². The molecule has 2 amide bonds. The van der Waals surface area contributed by atoms with Gasteiger partial charge in [0.05, 0.1) is 18.1 Å². The summed E-state index contributed by atoms with van der Waals surface area (Å²) in [6, 6.07) is 11.4. The monoisotopic (exact) mass is 393 g/mol. The van der Waals surface area contributed by atoms with Gasteiger partial charge in [0.25, 0.3) is 0 Å². The molecule has 0 unspecified atom stereocenters. The lowest BCUT2D eigenvalue weighted by Gasteiger charge is -2.21. The van der Waals surface area contributed by atoms with Crippen LogP contribution in [-0.2, 0) is 9.59 Å². The van der Waals surface area contributed by atoms with E-state index in [-0.39, 0.29) is 18.9 Å². The van der Waals surface area contributed by atoms with E-state index >= 15 is 0 Å². The Morgan fingerprint density at radius 1 is 1.04 bits per heavy atom. The highest BCUT2D eigenvalue weighted by molar-refractivity contribution is 6.35. The number of benzene rings is 2. The molecular formula is C18H17Cl2N3O3. The third-order valence-electron chi connectivity index (χ3n) is 3.58. The third kappa shape index (κ3) is 4.82. The molecule has 0 radical (unpaired) electrons. The van der Waals surface area contributed by atoms with E-state index in [1.807, 2.05) is 0 Å². The molecule has 0 aliphatic rings. The van der Waals surface area contributed by atoms with Crippen LogP contribution in [0.5, 0.6) is 0 Å². The fourth-order valence-corrected chi connectivity index (χ4v) is 2.75. The first-order chi connectivity index (χ1) is 12.3. The Morgan fingerprint density at radius 3 is 2.38 bits per heavy atom. The van der Waals surface area contributed by atoms with E-state index < -0.39 is 11.8 Å². The fraction of sp³-hybridized carbons (Fsp3) is 0.167. The van der Waals surface area contributed by atoms with Gasteiger partial charge >= 0.3 is 0 Å². The summed E-state index contributed by atoms with van der Waals surface area (Å²) in [5, 5.41) is 2.85. The van der Waals surface area contributed by atoms with Crippen molar-refractivity contribution < 1.29 is 14.4 Å². The van der Waals surface area contributed by atoms with Gasteiger partial charge in [-0.2, -0.15) is 0 Å². The zero-order valence-corrected chi connectivity index (χ0v) is 15.5. The molecule has 0 saturated carbocycles. The molecule has 0 saturated heterocycles. The van der Waals surface area contributed by atoms with E-state index in [0.717, 1.165) is 0 Å². The number of hydrogen-bond donors (Lipinski definition) is 2. The van der Waals surface area contributed by atoms with Crippen LogP contribution in [0.4, 0.5) is 5.69 Å². The number of ketones is 1. The van der Waals surface area contributed by atoms with E-state index in [4.69, 9.17) is 28.9 Å². The highest BCUT2D eigenvalue weighted by Gasteiger charge is 2.20. The van der Waals surface area contributed by atoms with Crippen molar-refractivity contribution in [2.24, 2.45) is 5.73 Å². The van der Waals surface area contributed by atoms with Crippen LogP contribution in [0.2, 0.25) is 10.0 Å². The summed E-state index contributed by atoms with van der Waals surface area (Å²) >= 11 is 12.2. The number of nitrogens with zero attached hydrogens (tertiary/aromatic N) is 1. The van der Waals surface area contributed by atoms with Crippen LogP contribution in [0.1, 0.15) is 15.9 Å². The number of carbonyl (C=O) groups is 3. The second-order valence-corrected chi connectivity index (χ2v) is 6.35. The molecule has 0 aliphatic heterocycles. The zero-order valence-electron chi connectivity index (χ0n) is 14.0. The second kappa shape index (κ2) is 8.80. The first kappa shape index (κ1) is 19.9. The molecule has 2 aromatic carbocycles. The molecule has 0 spiro atoms. The zero-order chi connectivity index (χ0) is 19.3. The van der Waals surface area contributed by atoms with Gasteiger partial charge in [0, 0.05) is 28.9 Å². The van der Waals surface area contributed by atoms with Crippen LogP contribution in [0.15, 0.2) is 42.5 Å². The lowest BCUT2D eigenvalue weighted by molar-refractivity contribution is -0.128. The molecule has 0 fully saturated rings. The molecule has 26 heavy (non-hydrogen) atoms. The maximum absolute atomic E-state index is 12.9. The Labute approximate surface area is 160 Å². The number of nitrogens with one attached hydrogen (secondary N) is 1. The SMILES string of the molecule is CN(CC(=O)NC(=O)CN)c1ccc(Cl)cc1C(=O)c1ccccc1Cl. The number of nitrogens with two attached hydrogens (primary N) is 1. The Balaban J connectivity index is 2.33. The number of imide groups is 1. The van der Waals surface area contributed by atoms with E-state index in [2.05, 4.69) is 5.32 Å². The molecule has 8 heteroatoms. The highest BCUT2D eigenvalue weighted by Crippen LogP contribution is 2.28. The second-order valence-electron chi connectivity index (χ2n) is 5.50. The molecule has 2 rings (SSSR count). The summed E-state index contributed by atoms with van der Waals surface area (Å²) in [6.45, 7) is -0.428. The number of anilines is 1. The number of rotatable bonds is 6. The summed E-state index contributed by atoms with van der Waals surface area (Å²) < 4.78 is 0. The molecule has 0 heterocycles. The minimum absolute atomic E-state index is 0.143. The van der Waals surface area contributed by atoms with Crippen molar-refractivity contribution in [2.75, 3.05) is 25.0 Å². The summed E-state index contributed by atoms with van der Waals surface area (Å²) in [5.74, 6) is -1.43. The maximum atomic E-state index is 12.9. The van der Waals surface area contributed by atoms with Gasteiger partial charge in [-0.05, 0) is 30.3 Å². The van der Waals surface area contributed by atoms with Gasteiger partial charge < -0.3 is 10.6 Å². The van der Waals surface area contributed by atoms with E-state index in [1.165, 1.54) is 6.07 Å². The van der Waals surface area contributed by atoms with Gasteiger partial charge in [-0.25, -0.2) is 0 Å².